The Kier molecular flexibility index (Phi) is 4.73. The van der Waals surface area contributed by atoms with Crippen LogP contribution >= 0.6 is 0 Å². The number of fused-ring (bicyclic) bond motifs is 1. The zero-order valence-corrected chi connectivity index (χ0v) is 11.2. The van der Waals surface area contributed by atoms with E-state index in [9.17, 15) is 0 Å². The summed E-state index contributed by atoms with van der Waals surface area (Å²) in [4.78, 5) is 0. The zero-order valence-electron chi connectivity index (χ0n) is 11.2. The fourth-order valence-electron chi connectivity index (χ4n) is 2.10. The van der Waals surface area contributed by atoms with Gasteiger partial charge in [0.1, 0.15) is 0 Å². The first-order chi connectivity index (χ1) is 8.83. The lowest BCUT2D eigenvalue weighted by Crippen LogP contribution is -2.27. The number of hydrogen-bond donors (Lipinski definition) is 2. The second-order valence-corrected chi connectivity index (χ2v) is 4.51. The molecule has 1 aromatic carbocycles. The Bertz CT molecular complexity index is 489. The van der Waals surface area contributed by atoms with Gasteiger partial charge in [-0.2, -0.15) is 5.10 Å². The molecule has 0 fully saturated rings. The van der Waals surface area contributed by atoms with Crippen LogP contribution in [0.1, 0.15) is 19.0 Å². The number of benzene rings is 1. The molecule has 1 heterocycles. The molecule has 2 aromatic rings. The van der Waals surface area contributed by atoms with Crippen LogP contribution in [0.2, 0.25) is 0 Å². The standard InChI is InChI=1S/C14H22N4/c1-3-8-15-9-10-16-11-13-12-6-4-5-7-14(12)18(2)17-13/h4-7,15-16H,3,8-11H2,1-2H3. The molecular formula is C14H22N4. The van der Waals surface area contributed by atoms with Gasteiger partial charge in [0.25, 0.3) is 0 Å². The molecule has 0 unspecified atom stereocenters. The summed E-state index contributed by atoms with van der Waals surface area (Å²) in [5.41, 5.74) is 2.32. The van der Waals surface area contributed by atoms with E-state index in [1.54, 1.807) is 0 Å². The Morgan fingerprint density at radius 1 is 1.11 bits per heavy atom. The van der Waals surface area contributed by atoms with Gasteiger partial charge in [-0.3, -0.25) is 4.68 Å². The number of nitrogens with zero attached hydrogens (tertiary/aromatic N) is 2. The molecule has 4 nitrogen and oxygen atoms in total. The van der Waals surface area contributed by atoms with Gasteiger partial charge >= 0.3 is 0 Å². The summed E-state index contributed by atoms with van der Waals surface area (Å²) in [6.07, 6.45) is 1.19. The van der Waals surface area contributed by atoms with Crippen molar-refractivity contribution in [3.8, 4) is 0 Å². The summed E-state index contributed by atoms with van der Waals surface area (Å²) in [5.74, 6) is 0. The van der Waals surface area contributed by atoms with E-state index in [-0.39, 0.29) is 0 Å². The fourth-order valence-corrected chi connectivity index (χ4v) is 2.10. The first-order valence-corrected chi connectivity index (χ1v) is 6.65. The summed E-state index contributed by atoms with van der Waals surface area (Å²) in [6, 6.07) is 8.36. The lowest BCUT2D eigenvalue weighted by Gasteiger charge is -2.04. The molecule has 0 aliphatic carbocycles. The average Bonchev–Trinajstić information content (AvgIpc) is 2.71. The highest BCUT2D eigenvalue weighted by Gasteiger charge is 2.06. The number of aryl methyl sites for hydroxylation is 1. The highest BCUT2D eigenvalue weighted by molar-refractivity contribution is 5.81. The quantitative estimate of drug-likeness (QED) is 0.730. The molecule has 0 amide bonds. The molecule has 0 aliphatic rings. The second kappa shape index (κ2) is 6.52. The summed E-state index contributed by atoms with van der Waals surface area (Å²) in [5, 5.41) is 12.6. The van der Waals surface area contributed by atoms with E-state index >= 15 is 0 Å². The minimum absolute atomic E-state index is 0.829. The van der Waals surface area contributed by atoms with Crippen molar-refractivity contribution in [1.29, 1.82) is 0 Å². The first-order valence-electron chi connectivity index (χ1n) is 6.65. The van der Waals surface area contributed by atoms with Crippen LogP contribution < -0.4 is 10.6 Å². The number of para-hydroxylation sites is 1. The number of aromatic nitrogens is 2. The van der Waals surface area contributed by atoms with Gasteiger partial charge in [0.2, 0.25) is 0 Å². The van der Waals surface area contributed by atoms with Crippen LogP contribution in [0.15, 0.2) is 24.3 Å². The van der Waals surface area contributed by atoms with Crippen LogP contribution in [0, 0.1) is 0 Å². The molecule has 0 atom stereocenters. The van der Waals surface area contributed by atoms with Gasteiger partial charge in [0.05, 0.1) is 11.2 Å². The van der Waals surface area contributed by atoms with Crippen molar-refractivity contribution >= 4 is 10.9 Å². The van der Waals surface area contributed by atoms with Crippen molar-refractivity contribution in [2.75, 3.05) is 19.6 Å². The molecule has 4 heteroatoms. The third kappa shape index (κ3) is 3.09. The Hall–Kier alpha value is -1.39. The monoisotopic (exact) mass is 246 g/mol. The minimum Gasteiger partial charge on any atom is -0.315 e. The summed E-state index contributed by atoms with van der Waals surface area (Å²) >= 11 is 0. The molecule has 0 spiro atoms. The molecule has 18 heavy (non-hydrogen) atoms. The van der Waals surface area contributed by atoms with Gasteiger partial charge in [0, 0.05) is 32.1 Å². The predicted molar refractivity (Wildman–Crippen MR) is 75.6 cm³/mol. The Balaban J connectivity index is 1.88. The normalized spacial score (nSPS) is 11.2. The lowest BCUT2D eigenvalue weighted by molar-refractivity contribution is 0.598. The van der Waals surface area contributed by atoms with Gasteiger partial charge in [-0.15, -0.1) is 0 Å². The van der Waals surface area contributed by atoms with Crippen LogP contribution in [-0.4, -0.2) is 29.4 Å². The van der Waals surface area contributed by atoms with Crippen LogP contribution in [0.5, 0.6) is 0 Å². The van der Waals surface area contributed by atoms with Gasteiger partial charge in [-0.25, -0.2) is 0 Å². The summed E-state index contributed by atoms with van der Waals surface area (Å²) in [6.45, 7) is 6.09. The molecule has 0 bridgehead atoms. The third-order valence-corrected chi connectivity index (χ3v) is 3.03. The largest absolute Gasteiger partial charge is 0.315 e. The zero-order chi connectivity index (χ0) is 12.8. The van der Waals surface area contributed by atoms with E-state index in [1.165, 1.54) is 17.3 Å². The summed E-state index contributed by atoms with van der Waals surface area (Å²) < 4.78 is 1.95. The number of hydrogen-bond acceptors (Lipinski definition) is 3. The number of nitrogens with one attached hydrogen (secondary N) is 2. The second-order valence-electron chi connectivity index (χ2n) is 4.51. The van der Waals surface area contributed by atoms with Gasteiger partial charge in [-0.1, -0.05) is 25.1 Å². The Morgan fingerprint density at radius 2 is 1.89 bits per heavy atom. The van der Waals surface area contributed by atoms with Crippen LogP contribution in [0.25, 0.3) is 10.9 Å². The molecule has 98 valence electrons. The molecule has 1 aromatic heterocycles. The number of rotatable bonds is 7. The molecule has 0 aliphatic heterocycles. The van der Waals surface area contributed by atoms with E-state index in [4.69, 9.17) is 0 Å². The highest BCUT2D eigenvalue weighted by atomic mass is 15.3. The van der Waals surface area contributed by atoms with E-state index < -0.39 is 0 Å². The summed E-state index contributed by atoms with van der Waals surface area (Å²) in [7, 11) is 1.99. The van der Waals surface area contributed by atoms with E-state index in [1.807, 2.05) is 11.7 Å². The van der Waals surface area contributed by atoms with Crippen molar-refractivity contribution < 1.29 is 0 Å². The minimum atomic E-state index is 0.829. The molecule has 0 saturated carbocycles. The van der Waals surface area contributed by atoms with E-state index in [0.717, 1.165) is 31.9 Å². The lowest BCUT2D eigenvalue weighted by atomic mass is 10.2. The maximum Gasteiger partial charge on any atom is 0.0841 e. The smallest absolute Gasteiger partial charge is 0.0841 e. The maximum absolute atomic E-state index is 4.56. The van der Waals surface area contributed by atoms with Gasteiger partial charge < -0.3 is 10.6 Å². The van der Waals surface area contributed by atoms with Crippen molar-refractivity contribution in [3.63, 3.8) is 0 Å². The van der Waals surface area contributed by atoms with Gasteiger partial charge in [0.15, 0.2) is 0 Å². The van der Waals surface area contributed by atoms with Crippen LogP contribution in [-0.2, 0) is 13.6 Å². The van der Waals surface area contributed by atoms with Crippen LogP contribution in [0.3, 0.4) is 0 Å². The first kappa shape index (κ1) is 13.1. The Labute approximate surface area is 108 Å². The SMILES string of the molecule is CCCNCCNCc1nn(C)c2ccccc12. The van der Waals surface area contributed by atoms with Crippen molar-refractivity contribution in [3.05, 3.63) is 30.0 Å². The fraction of sp³-hybridized carbons (Fsp3) is 0.500. The maximum atomic E-state index is 4.56. The van der Waals surface area contributed by atoms with E-state index in [2.05, 4.69) is 46.9 Å². The predicted octanol–water partition coefficient (Wildman–Crippen LogP) is 1.66. The van der Waals surface area contributed by atoms with Crippen molar-refractivity contribution in [2.24, 2.45) is 7.05 Å². The molecule has 0 radical (unpaired) electrons. The molecular weight excluding hydrogens is 224 g/mol. The molecule has 2 N–H and O–H groups in total. The highest BCUT2D eigenvalue weighted by Crippen LogP contribution is 2.16. The Morgan fingerprint density at radius 3 is 2.72 bits per heavy atom. The van der Waals surface area contributed by atoms with Gasteiger partial charge in [-0.05, 0) is 19.0 Å². The van der Waals surface area contributed by atoms with Crippen molar-refractivity contribution in [1.82, 2.24) is 20.4 Å². The third-order valence-electron chi connectivity index (χ3n) is 3.03. The van der Waals surface area contributed by atoms with Crippen LogP contribution in [0.4, 0.5) is 0 Å². The molecule has 2 rings (SSSR count). The average molecular weight is 246 g/mol. The van der Waals surface area contributed by atoms with E-state index in [0.29, 0.717) is 0 Å². The molecule has 0 saturated heterocycles. The topological polar surface area (TPSA) is 41.9 Å². The van der Waals surface area contributed by atoms with Crippen molar-refractivity contribution in [2.45, 2.75) is 19.9 Å².